The molecular formula is C33H35ClF5N5O3. The van der Waals surface area contributed by atoms with Gasteiger partial charge in [-0.3, -0.25) is 9.48 Å². The number of piperidine rings is 1. The third-order valence-corrected chi connectivity index (χ3v) is 9.41. The van der Waals surface area contributed by atoms with Gasteiger partial charge in [-0.2, -0.15) is 18.3 Å². The van der Waals surface area contributed by atoms with Crippen LogP contribution in [0.2, 0.25) is 5.02 Å². The lowest BCUT2D eigenvalue weighted by molar-refractivity contribution is -0.160. The van der Waals surface area contributed by atoms with Crippen LogP contribution in [0.3, 0.4) is 0 Å². The Balaban J connectivity index is 1.17. The van der Waals surface area contributed by atoms with Crippen molar-refractivity contribution >= 4 is 34.9 Å². The summed E-state index contributed by atoms with van der Waals surface area (Å²) in [5.41, 5.74) is 1.77. The molecule has 47 heavy (non-hydrogen) atoms. The molecule has 0 bridgehead atoms. The van der Waals surface area contributed by atoms with E-state index in [-0.39, 0.29) is 31.9 Å². The lowest BCUT2D eigenvalue weighted by atomic mass is 9.80. The number of carbonyl (C=O) groups excluding carboxylic acids is 2. The lowest BCUT2D eigenvalue weighted by Gasteiger charge is -2.41. The minimum atomic E-state index is -4.81. The van der Waals surface area contributed by atoms with Crippen molar-refractivity contribution in [3.8, 4) is 11.1 Å². The van der Waals surface area contributed by atoms with Crippen LogP contribution in [0, 0.1) is 5.92 Å². The smallest absolute Gasteiger partial charge is 0.433 e. The topological polar surface area (TPSA) is 70.9 Å². The van der Waals surface area contributed by atoms with Crippen molar-refractivity contribution in [1.82, 2.24) is 14.7 Å². The Kier molecular flexibility index (Phi) is 9.12. The predicted octanol–water partition coefficient (Wildman–Crippen LogP) is 6.93. The van der Waals surface area contributed by atoms with Gasteiger partial charge in [-0.1, -0.05) is 29.8 Å². The van der Waals surface area contributed by atoms with E-state index in [0.29, 0.717) is 50.6 Å². The van der Waals surface area contributed by atoms with E-state index in [2.05, 4.69) is 10.00 Å². The molecule has 1 amide bonds. The van der Waals surface area contributed by atoms with Crippen molar-refractivity contribution in [2.75, 3.05) is 55.7 Å². The number of ether oxygens (including phenoxy) is 1. The fourth-order valence-corrected chi connectivity index (χ4v) is 6.96. The zero-order valence-electron chi connectivity index (χ0n) is 25.8. The fraction of sp³-hybridized carbons (Fsp3) is 0.485. The molecule has 3 aromatic rings. The normalized spacial score (nSPS) is 20.2. The minimum Gasteiger partial charge on any atom is -0.462 e. The Morgan fingerprint density at radius 1 is 1.00 bits per heavy atom. The summed E-state index contributed by atoms with van der Waals surface area (Å²) in [6.07, 6.45) is -3.57. The van der Waals surface area contributed by atoms with Crippen molar-refractivity contribution in [2.24, 2.45) is 5.92 Å². The predicted molar refractivity (Wildman–Crippen MR) is 167 cm³/mol. The number of hydrogen-bond donors (Lipinski definition) is 0. The van der Waals surface area contributed by atoms with Crippen molar-refractivity contribution < 1.29 is 36.3 Å². The van der Waals surface area contributed by atoms with Crippen molar-refractivity contribution in [1.29, 1.82) is 0 Å². The summed E-state index contributed by atoms with van der Waals surface area (Å²) in [5, 5.41) is 4.50. The molecule has 1 unspecified atom stereocenters. The summed E-state index contributed by atoms with van der Waals surface area (Å²) in [6, 6.07) is 12.7. The highest BCUT2D eigenvalue weighted by Crippen LogP contribution is 2.43. The number of amides is 1. The van der Waals surface area contributed by atoms with E-state index in [0.717, 1.165) is 33.4 Å². The molecule has 0 spiro atoms. The van der Waals surface area contributed by atoms with E-state index in [1.807, 2.05) is 35.2 Å². The number of alkyl halides is 5. The molecule has 1 saturated carbocycles. The van der Waals surface area contributed by atoms with E-state index in [1.54, 1.807) is 17.0 Å². The highest BCUT2D eigenvalue weighted by molar-refractivity contribution is 6.31. The second-order valence-electron chi connectivity index (χ2n) is 12.3. The second kappa shape index (κ2) is 13.0. The summed E-state index contributed by atoms with van der Waals surface area (Å²) in [6.45, 7) is 4.39. The van der Waals surface area contributed by atoms with Crippen molar-refractivity contribution in [3.63, 3.8) is 0 Å². The van der Waals surface area contributed by atoms with Gasteiger partial charge in [-0.05, 0) is 49.6 Å². The largest absolute Gasteiger partial charge is 0.462 e. The van der Waals surface area contributed by atoms with Crippen LogP contribution in [0.25, 0.3) is 11.1 Å². The first kappa shape index (κ1) is 33.0. The molecule has 0 N–H and O–H groups in total. The number of anilines is 2. The van der Waals surface area contributed by atoms with Gasteiger partial charge in [0.15, 0.2) is 5.69 Å². The first-order chi connectivity index (χ1) is 22.3. The van der Waals surface area contributed by atoms with Gasteiger partial charge in [0.05, 0.1) is 18.8 Å². The molecule has 3 heterocycles. The first-order valence-electron chi connectivity index (χ1n) is 15.7. The second-order valence-corrected chi connectivity index (χ2v) is 12.7. The molecule has 252 valence electrons. The van der Waals surface area contributed by atoms with Gasteiger partial charge in [0.1, 0.15) is 5.56 Å². The molecule has 14 heteroatoms. The van der Waals surface area contributed by atoms with Crippen LogP contribution in [0.5, 0.6) is 0 Å². The number of esters is 1. The Morgan fingerprint density at radius 2 is 1.70 bits per heavy atom. The molecule has 3 fully saturated rings. The summed E-state index contributed by atoms with van der Waals surface area (Å²) in [5.74, 6) is -4.57. The molecule has 6 rings (SSSR count). The maximum atomic E-state index is 14.2. The fourth-order valence-electron chi connectivity index (χ4n) is 6.79. The Bertz CT molecular complexity index is 1610. The molecule has 0 radical (unpaired) electrons. The highest BCUT2D eigenvalue weighted by Gasteiger charge is 2.50. The molecule has 1 aliphatic carbocycles. The maximum Gasteiger partial charge on any atom is 0.433 e. The lowest BCUT2D eigenvalue weighted by Crippen LogP contribution is -2.53. The zero-order chi connectivity index (χ0) is 33.5. The Morgan fingerprint density at radius 3 is 2.34 bits per heavy atom. The summed E-state index contributed by atoms with van der Waals surface area (Å²) >= 11 is 6.42. The van der Waals surface area contributed by atoms with Gasteiger partial charge in [-0.25, -0.2) is 13.6 Å². The van der Waals surface area contributed by atoms with E-state index >= 15 is 0 Å². The van der Waals surface area contributed by atoms with Gasteiger partial charge in [0.2, 0.25) is 11.8 Å². The molecule has 3 aliphatic rings. The Hall–Kier alpha value is -3.87. The van der Waals surface area contributed by atoms with Crippen LogP contribution in [-0.4, -0.2) is 78.4 Å². The van der Waals surface area contributed by atoms with Crippen molar-refractivity contribution in [3.05, 3.63) is 64.9 Å². The third kappa shape index (κ3) is 6.90. The molecule has 2 saturated heterocycles. The van der Waals surface area contributed by atoms with Gasteiger partial charge in [0, 0.05) is 80.0 Å². The number of nitrogens with zero attached hydrogens (tertiary/aromatic N) is 5. The molecule has 2 aromatic carbocycles. The molecule has 8 nitrogen and oxygen atoms in total. The quantitative estimate of drug-likeness (QED) is 0.199. The SMILES string of the molecule is CCOC(=O)c1cnn(C2CCCN(c3cc(Cl)ccc3-c3ccc(N4CCN(C(=O)C5CC(F)(F)C5)CC4)cc3)C2)c1C(F)(F)F. The van der Waals surface area contributed by atoms with Gasteiger partial charge >= 0.3 is 12.1 Å². The van der Waals surface area contributed by atoms with Crippen LogP contribution < -0.4 is 9.80 Å². The molecule has 1 atom stereocenters. The van der Waals surface area contributed by atoms with Gasteiger partial charge < -0.3 is 19.4 Å². The van der Waals surface area contributed by atoms with Crippen LogP contribution in [0.1, 0.15) is 54.7 Å². The minimum absolute atomic E-state index is 0.0548. The number of aromatic nitrogens is 2. The number of carbonyl (C=O) groups is 2. The van der Waals surface area contributed by atoms with E-state index in [4.69, 9.17) is 16.3 Å². The number of piperazine rings is 1. The Labute approximate surface area is 274 Å². The third-order valence-electron chi connectivity index (χ3n) is 9.18. The van der Waals surface area contributed by atoms with Gasteiger partial charge in [0.25, 0.3) is 0 Å². The average molecular weight is 680 g/mol. The number of benzene rings is 2. The van der Waals surface area contributed by atoms with E-state index in [9.17, 15) is 31.5 Å². The first-order valence-corrected chi connectivity index (χ1v) is 16.1. The van der Waals surface area contributed by atoms with E-state index < -0.39 is 41.3 Å². The number of rotatable bonds is 7. The average Bonchev–Trinajstić information content (AvgIpc) is 3.50. The zero-order valence-corrected chi connectivity index (χ0v) is 26.5. The van der Waals surface area contributed by atoms with Crippen LogP contribution in [0.4, 0.5) is 33.3 Å². The molecular weight excluding hydrogens is 645 g/mol. The van der Waals surface area contributed by atoms with E-state index in [1.165, 1.54) is 6.92 Å². The highest BCUT2D eigenvalue weighted by atomic mass is 35.5. The monoisotopic (exact) mass is 679 g/mol. The van der Waals surface area contributed by atoms with Crippen molar-refractivity contribution in [2.45, 2.75) is 50.7 Å². The standard InChI is InChI=1S/C33H35ClF5N5O3/c1-2-47-31(46)27-19-40-44(29(27)33(37,38)39)25-4-3-11-43(20-25)28-16-23(34)7-10-26(28)21-5-8-24(9-6-21)41-12-14-42(15-13-41)30(45)22-17-32(35,36)18-22/h5-10,16,19,22,25H,2-4,11-15,17-18,20H2,1H3. The summed E-state index contributed by atoms with van der Waals surface area (Å²) in [4.78, 5) is 30.7. The summed E-state index contributed by atoms with van der Waals surface area (Å²) in [7, 11) is 0. The van der Waals surface area contributed by atoms with Crippen LogP contribution in [-0.2, 0) is 15.7 Å². The molecule has 1 aromatic heterocycles. The van der Waals surface area contributed by atoms with Gasteiger partial charge in [-0.15, -0.1) is 0 Å². The van der Waals surface area contributed by atoms with Crippen LogP contribution >= 0.6 is 11.6 Å². The number of halogens is 6. The summed E-state index contributed by atoms with van der Waals surface area (Å²) < 4.78 is 74.9. The maximum absolute atomic E-state index is 14.2. The molecule has 2 aliphatic heterocycles. The van der Waals surface area contributed by atoms with Crippen LogP contribution in [0.15, 0.2) is 48.7 Å². The number of hydrogen-bond acceptors (Lipinski definition) is 6.